The van der Waals surface area contributed by atoms with E-state index in [-0.39, 0.29) is 28.6 Å². The molecule has 0 aromatic heterocycles. The Labute approximate surface area is 142 Å². The number of carbonyl (C=O) groups is 2. The summed E-state index contributed by atoms with van der Waals surface area (Å²) in [6.07, 6.45) is 0.268. The van der Waals surface area contributed by atoms with Gasteiger partial charge in [0.1, 0.15) is 5.02 Å². The third-order valence-corrected chi connectivity index (χ3v) is 5.74. The zero-order chi connectivity index (χ0) is 18.1. The second-order valence-electron chi connectivity index (χ2n) is 5.35. The number of amides is 2. The van der Waals surface area contributed by atoms with Gasteiger partial charge in [-0.25, -0.2) is 8.42 Å². The molecule has 1 unspecified atom stereocenters. The molecule has 0 aliphatic carbocycles. The van der Waals surface area contributed by atoms with E-state index in [0.29, 0.717) is 0 Å². The van der Waals surface area contributed by atoms with Crippen LogP contribution in [0, 0.1) is 10.1 Å². The molecule has 2 rings (SSSR count). The van der Waals surface area contributed by atoms with E-state index in [0.717, 1.165) is 11.0 Å². The number of nitrogens with one attached hydrogen (secondary N) is 1. The Morgan fingerprint density at radius 1 is 1.42 bits per heavy atom. The van der Waals surface area contributed by atoms with Crippen molar-refractivity contribution in [1.82, 2.24) is 4.90 Å². The first-order valence-electron chi connectivity index (χ1n) is 6.83. The topological polar surface area (TPSA) is 127 Å². The summed E-state index contributed by atoms with van der Waals surface area (Å²) in [7, 11) is -1.85. The van der Waals surface area contributed by atoms with Crippen LogP contribution in [0.1, 0.15) is 6.42 Å². The SMILES string of the molecule is CN(C(=O)C(=O)Nc1ccc(Cl)c([N+](=O)[O-])c1)C1CCS(=O)(=O)C1. The first kappa shape index (κ1) is 18.1. The molecule has 2 amide bonds. The number of rotatable bonds is 3. The van der Waals surface area contributed by atoms with Crippen molar-refractivity contribution in [3.8, 4) is 0 Å². The zero-order valence-electron chi connectivity index (χ0n) is 12.6. The van der Waals surface area contributed by atoms with E-state index in [1.54, 1.807) is 0 Å². The standard InChI is InChI=1S/C13H14ClN3O6S/c1-16(9-4-5-24(22,23)7-9)13(19)12(18)15-8-2-3-10(14)11(6-8)17(20)21/h2-3,6,9H,4-5,7H2,1H3,(H,15,18). The van der Waals surface area contributed by atoms with E-state index in [4.69, 9.17) is 11.6 Å². The molecule has 1 aromatic carbocycles. The lowest BCUT2D eigenvalue weighted by atomic mass is 10.2. The van der Waals surface area contributed by atoms with Crippen molar-refractivity contribution < 1.29 is 22.9 Å². The number of carbonyl (C=O) groups excluding carboxylic acids is 2. The highest BCUT2D eigenvalue weighted by molar-refractivity contribution is 7.91. The molecule has 1 aliphatic heterocycles. The van der Waals surface area contributed by atoms with Gasteiger partial charge in [0.15, 0.2) is 9.84 Å². The molecule has 0 spiro atoms. The van der Waals surface area contributed by atoms with Crippen molar-refractivity contribution in [2.24, 2.45) is 0 Å². The maximum Gasteiger partial charge on any atom is 0.313 e. The van der Waals surface area contributed by atoms with Crippen LogP contribution in [0.2, 0.25) is 5.02 Å². The highest BCUT2D eigenvalue weighted by atomic mass is 35.5. The number of likely N-dealkylation sites (N-methyl/N-ethyl adjacent to an activating group) is 1. The summed E-state index contributed by atoms with van der Waals surface area (Å²) in [4.78, 5) is 35.2. The molecule has 1 fully saturated rings. The van der Waals surface area contributed by atoms with Crippen molar-refractivity contribution >= 4 is 44.6 Å². The number of benzene rings is 1. The highest BCUT2D eigenvalue weighted by Crippen LogP contribution is 2.27. The molecular formula is C13H14ClN3O6S. The molecule has 11 heteroatoms. The number of halogens is 1. The number of nitrogens with zero attached hydrogens (tertiary/aromatic N) is 2. The fourth-order valence-electron chi connectivity index (χ4n) is 2.32. The summed E-state index contributed by atoms with van der Waals surface area (Å²) < 4.78 is 22.9. The number of nitro groups is 1. The molecule has 1 aromatic rings. The van der Waals surface area contributed by atoms with Gasteiger partial charge in [0.25, 0.3) is 5.69 Å². The Balaban J connectivity index is 2.08. The van der Waals surface area contributed by atoms with Gasteiger partial charge in [-0.3, -0.25) is 19.7 Å². The maximum absolute atomic E-state index is 12.1. The first-order chi connectivity index (χ1) is 11.1. The van der Waals surface area contributed by atoms with Crippen LogP contribution >= 0.6 is 11.6 Å². The van der Waals surface area contributed by atoms with E-state index >= 15 is 0 Å². The van der Waals surface area contributed by atoms with Gasteiger partial charge in [0.05, 0.1) is 16.4 Å². The molecule has 0 saturated carbocycles. The fraction of sp³-hybridized carbons (Fsp3) is 0.385. The normalized spacial score (nSPS) is 18.8. The lowest BCUT2D eigenvalue weighted by Gasteiger charge is -2.22. The quantitative estimate of drug-likeness (QED) is 0.473. The molecule has 130 valence electrons. The van der Waals surface area contributed by atoms with Crippen LogP contribution < -0.4 is 5.32 Å². The summed E-state index contributed by atoms with van der Waals surface area (Å²) in [6.45, 7) is 0. The highest BCUT2D eigenvalue weighted by Gasteiger charge is 2.34. The van der Waals surface area contributed by atoms with Crippen LogP contribution in [0.15, 0.2) is 18.2 Å². The molecule has 1 N–H and O–H groups in total. The minimum Gasteiger partial charge on any atom is -0.333 e. The van der Waals surface area contributed by atoms with Crippen LogP contribution in [-0.2, 0) is 19.4 Å². The van der Waals surface area contributed by atoms with E-state index in [1.807, 2.05) is 0 Å². The van der Waals surface area contributed by atoms with Gasteiger partial charge in [-0.2, -0.15) is 0 Å². The van der Waals surface area contributed by atoms with Crippen molar-refractivity contribution in [2.75, 3.05) is 23.9 Å². The Morgan fingerprint density at radius 2 is 2.08 bits per heavy atom. The number of hydrogen-bond acceptors (Lipinski definition) is 6. The van der Waals surface area contributed by atoms with E-state index in [2.05, 4.69) is 5.32 Å². The van der Waals surface area contributed by atoms with Gasteiger partial charge < -0.3 is 10.2 Å². The van der Waals surface area contributed by atoms with Gasteiger partial charge in [-0.1, -0.05) is 11.6 Å². The Morgan fingerprint density at radius 3 is 2.62 bits per heavy atom. The summed E-state index contributed by atoms with van der Waals surface area (Å²) in [5.74, 6) is -2.15. The predicted octanol–water partition coefficient (Wildman–Crippen LogP) is 0.832. The second-order valence-corrected chi connectivity index (χ2v) is 7.99. The van der Waals surface area contributed by atoms with Crippen molar-refractivity contribution in [3.63, 3.8) is 0 Å². The zero-order valence-corrected chi connectivity index (χ0v) is 14.1. The van der Waals surface area contributed by atoms with Crippen LogP contribution in [0.25, 0.3) is 0 Å². The summed E-state index contributed by atoms with van der Waals surface area (Å²) in [5, 5.41) is 13.0. The van der Waals surface area contributed by atoms with Gasteiger partial charge in [-0.05, 0) is 18.6 Å². The monoisotopic (exact) mass is 375 g/mol. The van der Waals surface area contributed by atoms with Gasteiger partial charge in [0.2, 0.25) is 0 Å². The predicted molar refractivity (Wildman–Crippen MR) is 86.6 cm³/mol. The molecule has 24 heavy (non-hydrogen) atoms. The second kappa shape index (κ2) is 6.73. The van der Waals surface area contributed by atoms with Gasteiger partial charge in [0, 0.05) is 24.8 Å². The molecule has 0 radical (unpaired) electrons. The number of nitro benzene ring substituents is 1. The van der Waals surface area contributed by atoms with Crippen LogP contribution in [0.5, 0.6) is 0 Å². The molecule has 9 nitrogen and oxygen atoms in total. The van der Waals surface area contributed by atoms with Crippen molar-refractivity contribution in [3.05, 3.63) is 33.3 Å². The van der Waals surface area contributed by atoms with Gasteiger partial charge >= 0.3 is 11.8 Å². The van der Waals surface area contributed by atoms with Crippen LogP contribution in [0.3, 0.4) is 0 Å². The molecule has 0 bridgehead atoms. The Kier molecular flexibility index (Phi) is 5.09. The summed E-state index contributed by atoms with van der Waals surface area (Å²) >= 11 is 5.67. The third kappa shape index (κ3) is 4.01. The molecular weight excluding hydrogens is 362 g/mol. The first-order valence-corrected chi connectivity index (χ1v) is 9.03. The summed E-state index contributed by atoms with van der Waals surface area (Å²) in [6, 6.07) is 3.02. The average Bonchev–Trinajstić information content (AvgIpc) is 2.87. The van der Waals surface area contributed by atoms with Gasteiger partial charge in [-0.15, -0.1) is 0 Å². The minimum atomic E-state index is -3.19. The molecule has 1 saturated heterocycles. The van der Waals surface area contributed by atoms with Crippen molar-refractivity contribution in [2.45, 2.75) is 12.5 Å². The van der Waals surface area contributed by atoms with E-state index in [9.17, 15) is 28.1 Å². The fourth-order valence-corrected chi connectivity index (χ4v) is 4.28. The van der Waals surface area contributed by atoms with E-state index in [1.165, 1.54) is 19.2 Å². The maximum atomic E-state index is 12.1. The van der Waals surface area contributed by atoms with Crippen molar-refractivity contribution in [1.29, 1.82) is 0 Å². The van der Waals surface area contributed by atoms with Crippen LogP contribution in [0.4, 0.5) is 11.4 Å². The minimum absolute atomic E-state index is 0.0275. The number of sulfone groups is 1. The molecule has 1 heterocycles. The summed E-state index contributed by atoms with van der Waals surface area (Å²) in [5.41, 5.74) is -0.367. The number of hydrogen-bond donors (Lipinski definition) is 1. The molecule has 1 aliphatic rings. The Hall–Kier alpha value is -2.20. The smallest absolute Gasteiger partial charge is 0.313 e. The largest absolute Gasteiger partial charge is 0.333 e. The third-order valence-electron chi connectivity index (χ3n) is 3.67. The average molecular weight is 376 g/mol. The lowest BCUT2D eigenvalue weighted by Crippen LogP contribution is -2.43. The van der Waals surface area contributed by atoms with E-state index < -0.39 is 38.3 Å². The van der Waals surface area contributed by atoms with Crippen LogP contribution in [-0.4, -0.2) is 54.7 Å². The lowest BCUT2D eigenvalue weighted by molar-refractivity contribution is -0.384. The Bertz CT molecular complexity index is 810. The molecule has 1 atom stereocenters. The number of anilines is 1.